The number of ether oxygens (including phenoxy) is 1. The lowest BCUT2D eigenvalue weighted by molar-refractivity contribution is 0.482. The molecule has 0 amide bonds. The summed E-state index contributed by atoms with van der Waals surface area (Å²) in [6, 6.07) is 17.1. The fraction of sp³-hybridized carbons (Fsp3) is 0.0500. The first-order valence-electron chi connectivity index (χ1n) is 7.82. The predicted octanol–water partition coefficient (Wildman–Crippen LogP) is 6.25. The highest BCUT2D eigenvalue weighted by Crippen LogP contribution is 2.31. The summed E-state index contributed by atoms with van der Waals surface area (Å²) in [7, 11) is 0. The molecule has 0 aliphatic rings. The van der Waals surface area contributed by atoms with E-state index in [4.69, 9.17) is 27.9 Å². The summed E-state index contributed by atoms with van der Waals surface area (Å²) in [4.78, 5) is 7.44. The molecule has 0 bridgehead atoms. The van der Waals surface area contributed by atoms with Gasteiger partial charge < -0.3 is 9.72 Å². The Labute approximate surface area is 155 Å². The number of nitrogens with one attached hydrogen (secondary N) is 1. The van der Waals surface area contributed by atoms with Crippen molar-refractivity contribution in [2.45, 2.75) is 6.42 Å². The van der Waals surface area contributed by atoms with E-state index in [1.165, 1.54) is 0 Å². The molecular weight excluding hydrogens is 355 g/mol. The molecule has 0 atom stereocenters. The molecule has 124 valence electrons. The van der Waals surface area contributed by atoms with E-state index in [1.807, 2.05) is 54.7 Å². The third-order valence-corrected chi connectivity index (χ3v) is 4.66. The average molecular weight is 369 g/mol. The topological polar surface area (TPSA) is 37.9 Å². The van der Waals surface area contributed by atoms with Crippen molar-refractivity contribution < 1.29 is 4.74 Å². The smallest absolute Gasteiger partial charge is 0.139 e. The molecule has 0 fully saturated rings. The molecule has 2 heterocycles. The Morgan fingerprint density at radius 1 is 0.880 bits per heavy atom. The van der Waals surface area contributed by atoms with E-state index < -0.39 is 0 Å². The molecule has 0 aliphatic carbocycles. The fourth-order valence-electron chi connectivity index (χ4n) is 2.78. The van der Waals surface area contributed by atoms with E-state index in [0.717, 1.165) is 27.9 Å². The summed E-state index contributed by atoms with van der Waals surface area (Å²) in [6.07, 6.45) is 4.28. The molecule has 2 aromatic carbocycles. The highest BCUT2D eigenvalue weighted by Gasteiger charge is 2.11. The van der Waals surface area contributed by atoms with Crippen molar-refractivity contribution in [2.24, 2.45) is 0 Å². The number of rotatable bonds is 4. The predicted molar refractivity (Wildman–Crippen MR) is 102 cm³/mol. The van der Waals surface area contributed by atoms with Gasteiger partial charge in [0, 0.05) is 29.2 Å². The van der Waals surface area contributed by atoms with Gasteiger partial charge >= 0.3 is 0 Å². The Bertz CT molecular complexity index is 1030. The first-order chi connectivity index (χ1) is 12.2. The molecule has 3 nitrogen and oxygen atoms in total. The minimum atomic E-state index is 0.655. The molecule has 0 unspecified atom stereocenters. The van der Waals surface area contributed by atoms with Crippen LogP contribution in [0.25, 0.3) is 11.0 Å². The van der Waals surface area contributed by atoms with Gasteiger partial charge in [-0.05, 0) is 41.5 Å². The Balaban J connectivity index is 1.61. The lowest BCUT2D eigenvalue weighted by atomic mass is 10.0. The molecule has 2 aromatic heterocycles. The first kappa shape index (κ1) is 16.0. The standard InChI is InChI=1S/C20H14Cl2N2O/c21-17-8-9-23-20-19(17)14(12-24-20)10-13-6-7-16(11-18(13)22)25-15-4-2-1-3-5-15/h1-9,11-12H,10H2,(H,23,24). The van der Waals surface area contributed by atoms with Crippen molar-refractivity contribution in [3.05, 3.63) is 88.2 Å². The summed E-state index contributed by atoms with van der Waals surface area (Å²) in [6.45, 7) is 0. The van der Waals surface area contributed by atoms with Gasteiger partial charge in [0.05, 0.1) is 5.02 Å². The Hall–Kier alpha value is -2.49. The van der Waals surface area contributed by atoms with Gasteiger partial charge in [0.2, 0.25) is 0 Å². The van der Waals surface area contributed by atoms with E-state index in [1.54, 1.807) is 12.3 Å². The summed E-state index contributed by atoms with van der Waals surface area (Å²) in [5.41, 5.74) is 2.84. The number of aromatic nitrogens is 2. The zero-order valence-corrected chi connectivity index (χ0v) is 14.7. The lowest BCUT2D eigenvalue weighted by Crippen LogP contribution is -1.91. The highest BCUT2D eigenvalue weighted by atomic mass is 35.5. The maximum absolute atomic E-state index is 6.46. The lowest BCUT2D eigenvalue weighted by Gasteiger charge is -2.09. The second kappa shape index (κ2) is 6.79. The maximum Gasteiger partial charge on any atom is 0.139 e. The second-order valence-corrected chi connectivity index (χ2v) is 6.49. The van der Waals surface area contributed by atoms with Gasteiger partial charge in [0.15, 0.2) is 0 Å². The number of nitrogens with zero attached hydrogens (tertiary/aromatic N) is 1. The second-order valence-electron chi connectivity index (χ2n) is 5.68. The molecular formula is C20H14Cl2N2O. The molecule has 0 saturated carbocycles. The molecule has 25 heavy (non-hydrogen) atoms. The number of aromatic amines is 1. The van der Waals surface area contributed by atoms with E-state index in [2.05, 4.69) is 9.97 Å². The van der Waals surface area contributed by atoms with Gasteiger partial charge in [-0.15, -0.1) is 0 Å². The molecule has 4 aromatic rings. The molecule has 4 rings (SSSR count). The Morgan fingerprint density at radius 3 is 2.52 bits per heavy atom. The van der Waals surface area contributed by atoms with Crippen LogP contribution >= 0.6 is 23.2 Å². The van der Waals surface area contributed by atoms with E-state index in [0.29, 0.717) is 22.2 Å². The van der Waals surface area contributed by atoms with Crippen molar-refractivity contribution in [2.75, 3.05) is 0 Å². The largest absolute Gasteiger partial charge is 0.457 e. The van der Waals surface area contributed by atoms with E-state index >= 15 is 0 Å². The zero-order valence-electron chi connectivity index (χ0n) is 13.2. The van der Waals surface area contributed by atoms with Crippen molar-refractivity contribution in [3.8, 4) is 11.5 Å². The number of halogens is 2. The van der Waals surface area contributed by atoms with Crippen LogP contribution in [0.2, 0.25) is 10.0 Å². The van der Waals surface area contributed by atoms with E-state index in [-0.39, 0.29) is 0 Å². The normalized spacial score (nSPS) is 11.0. The minimum absolute atomic E-state index is 0.655. The summed E-state index contributed by atoms with van der Waals surface area (Å²) in [5, 5.41) is 2.27. The van der Waals surface area contributed by atoms with Gasteiger partial charge in [0.1, 0.15) is 17.1 Å². The monoisotopic (exact) mass is 368 g/mol. The summed E-state index contributed by atoms with van der Waals surface area (Å²) >= 11 is 12.8. The highest BCUT2D eigenvalue weighted by molar-refractivity contribution is 6.35. The number of para-hydroxylation sites is 1. The van der Waals surface area contributed by atoms with Crippen LogP contribution < -0.4 is 4.74 Å². The van der Waals surface area contributed by atoms with Gasteiger partial charge in [-0.25, -0.2) is 4.98 Å². The summed E-state index contributed by atoms with van der Waals surface area (Å²) in [5.74, 6) is 1.49. The fourth-order valence-corrected chi connectivity index (χ4v) is 3.29. The molecule has 5 heteroatoms. The number of H-pyrrole nitrogens is 1. The van der Waals surface area contributed by atoms with Crippen molar-refractivity contribution in [1.29, 1.82) is 0 Å². The summed E-state index contributed by atoms with van der Waals surface area (Å²) < 4.78 is 5.82. The molecule has 0 radical (unpaired) electrons. The Morgan fingerprint density at radius 2 is 1.72 bits per heavy atom. The Kier molecular flexibility index (Phi) is 4.35. The van der Waals surface area contributed by atoms with Crippen molar-refractivity contribution in [3.63, 3.8) is 0 Å². The maximum atomic E-state index is 6.46. The van der Waals surface area contributed by atoms with Gasteiger partial charge in [-0.2, -0.15) is 0 Å². The minimum Gasteiger partial charge on any atom is -0.457 e. The number of hydrogen-bond donors (Lipinski definition) is 1. The van der Waals surface area contributed by atoms with Crippen LogP contribution in [0.5, 0.6) is 11.5 Å². The van der Waals surface area contributed by atoms with Crippen molar-refractivity contribution in [1.82, 2.24) is 9.97 Å². The quantitative estimate of drug-likeness (QED) is 0.462. The van der Waals surface area contributed by atoms with Crippen LogP contribution in [0, 0.1) is 0 Å². The molecule has 0 spiro atoms. The van der Waals surface area contributed by atoms with Crippen LogP contribution in [0.4, 0.5) is 0 Å². The third-order valence-electron chi connectivity index (χ3n) is 3.99. The molecule has 0 saturated heterocycles. The van der Waals surface area contributed by atoms with Gasteiger partial charge in [-0.3, -0.25) is 0 Å². The number of pyridine rings is 1. The van der Waals surface area contributed by atoms with Gasteiger partial charge in [-0.1, -0.05) is 47.5 Å². The van der Waals surface area contributed by atoms with Crippen LogP contribution in [0.1, 0.15) is 11.1 Å². The number of fused-ring (bicyclic) bond motifs is 1. The third kappa shape index (κ3) is 3.34. The average Bonchev–Trinajstić information content (AvgIpc) is 3.03. The number of hydrogen-bond acceptors (Lipinski definition) is 2. The van der Waals surface area contributed by atoms with Crippen molar-refractivity contribution >= 4 is 34.2 Å². The SMILES string of the molecule is Clc1cc(Oc2ccccc2)ccc1Cc1c[nH]c2nccc(Cl)c12. The van der Waals surface area contributed by atoms with Crippen LogP contribution in [0.3, 0.4) is 0 Å². The van der Waals surface area contributed by atoms with Crippen LogP contribution in [-0.4, -0.2) is 9.97 Å². The van der Waals surface area contributed by atoms with Crippen LogP contribution in [0.15, 0.2) is 67.0 Å². The van der Waals surface area contributed by atoms with Crippen LogP contribution in [-0.2, 0) is 6.42 Å². The number of benzene rings is 2. The van der Waals surface area contributed by atoms with Gasteiger partial charge in [0.25, 0.3) is 0 Å². The first-order valence-corrected chi connectivity index (χ1v) is 8.58. The zero-order chi connectivity index (χ0) is 17.2. The molecule has 1 N–H and O–H groups in total. The molecule has 0 aliphatic heterocycles. The van der Waals surface area contributed by atoms with E-state index in [9.17, 15) is 0 Å².